The van der Waals surface area contributed by atoms with E-state index in [2.05, 4.69) is 89.5 Å². The summed E-state index contributed by atoms with van der Waals surface area (Å²) in [5.74, 6) is 2.04. The van der Waals surface area contributed by atoms with Gasteiger partial charge in [-0.2, -0.15) is 0 Å². The maximum atomic E-state index is 5.19. The van der Waals surface area contributed by atoms with Crippen LogP contribution in [0, 0.1) is 5.92 Å². The Kier molecular flexibility index (Phi) is 6.40. The average Bonchev–Trinajstić information content (AvgIpc) is 3.21. The standard InChI is InChI=1S/C28H30N2S/c1-4-12-22(13-5-1)20-21-30-26-19-11-10-18-25(26)29-28(30)27(23-14-6-2-7-15-23)31-24-16-8-3-9-17-24/h2-3,6-11,14-19,22,27H,1,4-5,12-13,20-21H2. The van der Waals surface area contributed by atoms with Gasteiger partial charge in [0.15, 0.2) is 0 Å². The average molecular weight is 427 g/mol. The number of nitrogens with zero attached hydrogens (tertiary/aromatic N) is 2. The molecule has 0 N–H and O–H groups in total. The summed E-state index contributed by atoms with van der Waals surface area (Å²) in [6, 6.07) is 30.2. The van der Waals surface area contributed by atoms with Crippen molar-refractivity contribution in [2.24, 2.45) is 5.92 Å². The van der Waals surface area contributed by atoms with E-state index in [0.717, 1.165) is 18.0 Å². The first kappa shape index (κ1) is 20.4. The predicted octanol–water partition coefficient (Wildman–Crippen LogP) is 7.89. The second-order valence-corrected chi connectivity index (χ2v) is 9.80. The number of para-hydroxylation sites is 2. The second-order valence-electron chi connectivity index (χ2n) is 8.62. The third-order valence-electron chi connectivity index (χ3n) is 6.50. The molecule has 0 saturated heterocycles. The Labute approximate surface area is 189 Å². The minimum absolute atomic E-state index is 0.169. The van der Waals surface area contributed by atoms with Gasteiger partial charge in [-0.15, -0.1) is 11.8 Å². The quantitative estimate of drug-likeness (QED) is 0.280. The van der Waals surface area contributed by atoms with E-state index < -0.39 is 0 Å². The number of rotatable bonds is 7. The second kappa shape index (κ2) is 9.74. The van der Waals surface area contributed by atoms with Gasteiger partial charge in [0.05, 0.1) is 16.3 Å². The van der Waals surface area contributed by atoms with E-state index in [0.29, 0.717) is 0 Å². The predicted molar refractivity (Wildman–Crippen MR) is 132 cm³/mol. The summed E-state index contributed by atoms with van der Waals surface area (Å²) in [7, 11) is 0. The summed E-state index contributed by atoms with van der Waals surface area (Å²) in [5, 5.41) is 0.169. The molecule has 0 amide bonds. The van der Waals surface area contributed by atoms with Crippen LogP contribution in [-0.2, 0) is 6.54 Å². The van der Waals surface area contributed by atoms with Gasteiger partial charge in [0.1, 0.15) is 5.82 Å². The lowest BCUT2D eigenvalue weighted by molar-refractivity contribution is 0.324. The van der Waals surface area contributed by atoms with Crippen LogP contribution in [0.1, 0.15) is 55.2 Å². The molecule has 1 unspecified atom stereocenters. The maximum Gasteiger partial charge on any atom is 0.127 e. The van der Waals surface area contributed by atoms with E-state index in [-0.39, 0.29) is 5.25 Å². The highest BCUT2D eigenvalue weighted by molar-refractivity contribution is 7.99. The van der Waals surface area contributed by atoms with Crippen molar-refractivity contribution < 1.29 is 0 Å². The van der Waals surface area contributed by atoms with Crippen molar-refractivity contribution in [1.29, 1.82) is 0 Å². The summed E-state index contributed by atoms with van der Waals surface area (Å²) in [6.45, 7) is 1.05. The van der Waals surface area contributed by atoms with Crippen LogP contribution in [-0.4, -0.2) is 9.55 Å². The topological polar surface area (TPSA) is 17.8 Å². The molecule has 1 aliphatic rings. The molecule has 2 nitrogen and oxygen atoms in total. The Morgan fingerprint density at radius 3 is 2.26 bits per heavy atom. The van der Waals surface area contributed by atoms with Crippen molar-refractivity contribution >= 4 is 22.8 Å². The highest BCUT2D eigenvalue weighted by Crippen LogP contribution is 2.41. The van der Waals surface area contributed by atoms with Gasteiger partial charge in [0.25, 0.3) is 0 Å². The third kappa shape index (κ3) is 4.72. The number of hydrogen-bond acceptors (Lipinski definition) is 2. The van der Waals surface area contributed by atoms with Crippen LogP contribution in [0.5, 0.6) is 0 Å². The van der Waals surface area contributed by atoms with Crippen molar-refractivity contribution in [3.05, 3.63) is 96.3 Å². The molecule has 3 heteroatoms. The molecule has 0 spiro atoms. The Morgan fingerprint density at radius 2 is 1.48 bits per heavy atom. The molecule has 31 heavy (non-hydrogen) atoms. The first-order valence-corrected chi connectivity index (χ1v) is 12.5. The number of aromatic nitrogens is 2. The van der Waals surface area contributed by atoms with Crippen LogP contribution in [0.3, 0.4) is 0 Å². The number of aryl methyl sites for hydroxylation is 1. The molecule has 0 bridgehead atoms. The van der Waals surface area contributed by atoms with Crippen molar-refractivity contribution in [2.45, 2.75) is 55.2 Å². The van der Waals surface area contributed by atoms with Gasteiger partial charge in [-0.1, -0.05) is 92.8 Å². The maximum absolute atomic E-state index is 5.19. The zero-order chi connectivity index (χ0) is 20.9. The van der Waals surface area contributed by atoms with Crippen LogP contribution in [0.2, 0.25) is 0 Å². The Balaban J connectivity index is 1.54. The highest BCUT2D eigenvalue weighted by atomic mass is 32.2. The van der Waals surface area contributed by atoms with E-state index in [1.54, 1.807) is 0 Å². The molecule has 4 aromatic rings. The van der Waals surface area contributed by atoms with Crippen LogP contribution < -0.4 is 0 Å². The molecule has 0 radical (unpaired) electrons. The molecular formula is C28H30N2S. The lowest BCUT2D eigenvalue weighted by atomic mass is 9.87. The van der Waals surface area contributed by atoms with E-state index in [1.807, 2.05) is 11.8 Å². The van der Waals surface area contributed by atoms with Crippen molar-refractivity contribution in [1.82, 2.24) is 9.55 Å². The zero-order valence-corrected chi connectivity index (χ0v) is 18.8. The summed E-state index contributed by atoms with van der Waals surface area (Å²) < 4.78 is 2.51. The molecule has 0 aliphatic heterocycles. The molecule has 3 aromatic carbocycles. The van der Waals surface area contributed by atoms with Crippen molar-refractivity contribution in [3.63, 3.8) is 0 Å². The highest BCUT2D eigenvalue weighted by Gasteiger charge is 2.24. The minimum Gasteiger partial charge on any atom is -0.327 e. The Bertz CT molecular complexity index is 1100. The first-order valence-electron chi connectivity index (χ1n) is 11.6. The number of hydrogen-bond donors (Lipinski definition) is 0. The summed E-state index contributed by atoms with van der Waals surface area (Å²) in [5.41, 5.74) is 3.68. The molecule has 5 rings (SSSR count). The third-order valence-corrected chi connectivity index (χ3v) is 7.77. The van der Waals surface area contributed by atoms with Gasteiger partial charge >= 0.3 is 0 Å². The van der Waals surface area contributed by atoms with Gasteiger partial charge in [0, 0.05) is 11.4 Å². The monoisotopic (exact) mass is 426 g/mol. The summed E-state index contributed by atoms with van der Waals surface area (Å²) >= 11 is 1.90. The molecule has 158 valence electrons. The molecule has 1 atom stereocenters. The van der Waals surface area contributed by atoms with Crippen molar-refractivity contribution in [3.8, 4) is 0 Å². The lowest BCUT2D eigenvalue weighted by Gasteiger charge is -2.23. The van der Waals surface area contributed by atoms with Gasteiger partial charge in [-0.25, -0.2) is 4.98 Å². The SMILES string of the molecule is c1ccc(SC(c2ccccc2)c2nc3ccccc3n2CCC2CCCCC2)cc1. The van der Waals surface area contributed by atoms with E-state index >= 15 is 0 Å². The molecule has 1 saturated carbocycles. The van der Waals surface area contributed by atoms with Gasteiger partial charge in [0.2, 0.25) is 0 Å². The van der Waals surface area contributed by atoms with Crippen LogP contribution in [0.4, 0.5) is 0 Å². The smallest absolute Gasteiger partial charge is 0.127 e. The fourth-order valence-corrected chi connectivity index (χ4v) is 6.01. The number of benzene rings is 3. The summed E-state index contributed by atoms with van der Waals surface area (Å²) in [6.07, 6.45) is 8.26. The number of thioether (sulfide) groups is 1. The molecular weight excluding hydrogens is 396 g/mol. The lowest BCUT2D eigenvalue weighted by Crippen LogP contribution is -2.13. The van der Waals surface area contributed by atoms with Gasteiger partial charge in [-0.3, -0.25) is 0 Å². The van der Waals surface area contributed by atoms with E-state index in [9.17, 15) is 0 Å². The normalized spacial score (nSPS) is 15.9. The Hall–Kier alpha value is -2.52. The molecule has 1 aromatic heterocycles. The fourth-order valence-electron chi connectivity index (χ4n) is 4.85. The summed E-state index contributed by atoms with van der Waals surface area (Å²) in [4.78, 5) is 6.47. The number of fused-ring (bicyclic) bond motifs is 1. The molecule has 1 fully saturated rings. The van der Waals surface area contributed by atoms with Crippen LogP contribution in [0.15, 0.2) is 89.8 Å². The van der Waals surface area contributed by atoms with Crippen LogP contribution >= 0.6 is 11.8 Å². The largest absolute Gasteiger partial charge is 0.327 e. The van der Waals surface area contributed by atoms with E-state index in [1.165, 1.54) is 60.3 Å². The van der Waals surface area contributed by atoms with E-state index in [4.69, 9.17) is 4.98 Å². The van der Waals surface area contributed by atoms with Gasteiger partial charge < -0.3 is 4.57 Å². The Morgan fingerprint density at radius 1 is 0.806 bits per heavy atom. The minimum atomic E-state index is 0.169. The zero-order valence-electron chi connectivity index (χ0n) is 18.0. The molecule has 1 aliphatic carbocycles. The first-order chi connectivity index (χ1) is 15.4. The van der Waals surface area contributed by atoms with Gasteiger partial charge in [-0.05, 0) is 42.2 Å². The van der Waals surface area contributed by atoms with Crippen LogP contribution in [0.25, 0.3) is 11.0 Å². The number of imidazole rings is 1. The fraction of sp³-hybridized carbons (Fsp3) is 0.321. The van der Waals surface area contributed by atoms with Crippen molar-refractivity contribution in [2.75, 3.05) is 0 Å². The molecule has 1 heterocycles.